The van der Waals surface area contributed by atoms with E-state index in [1.807, 2.05) is 0 Å². The summed E-state index contributed by atoms with van der Waals surface area (Å²) in [5.74, 6) is -6.03. The number of aromatic nitrogens is 2. The summed E-state index contributed by atoms with van der Waals surface area (Å²) in [4.78, 5) is 16.7. The van der Waals surface area contributed by atoms with E-state index in [9.17, 15) is 31.5 Å². The molecule has 190 valence electrons. The van der Waals surface area contributed by atoms with Gasteiger partial charge in [-0.2, -0.15) is 0 Å². The van der Waals surface area contributed by atoms with Crippen molar-refractivity contribution >= 4 is 33.0 Å². The fourth-order valence-electron chi connectivity index (χ4n) is 5.63. The van der Waals surface area contributed by atoms with Crippen molar-refractivity contribution in [2.75, 3.05) is 5.32 Å². The van der Waals surface area contributed by atoms with Gasteiger partial charge in [0.2, 0.25) is 0 Å². The number of nitrogens with one attached hydrogen (secondary N) is 1. The van der Waals surface area contributed by atoms with Crippen LogP contribution in [0.1, 0.15) is 35.4 Å². The number of rotatable bonds is 5. The Kier molecular flexibility index (Phi) is 5.92. The zero-order valence-corrected chi connectivity index (χ0v) is 20.5. The van der Waals surface area contributed by atoms with Gasteiger partial charge in [0.25, 0.3) is 5.91 Å². The van der Waals surface area contributed by atoms with E-state index in [-0.39, 0.29) is 33.5 Å². The molecule has 5 rings (SSSR count). The molecule has 1 aromatic heterocycles. The number of carbonyl (C=O) groups excluding carboxylic acids is 1. The average Bonchev–Trinajstić information content (AvgIpc) is 3.49. The van der Waals surface area contributed by atoms with Crippen molar-refractivity contribution in [1.29, 1.82) is 0 Å². The molecular formula is C24H21ClF3N3O4S. The molecule has 12 heteroatoms. The lowest BCUT2D eigenvalue weighted by molar-refractivity contribution is -0.0207. The van der Waals surface area contributed by atoms with Crippen LogP contribution >= 0.6 is 11.6 Å². The minimum atomic E-state index is -4.10. The maximum atomic E-state index is 13.8. The van der Waals surface area contributed by atoms with Gasteiger partial charge < -0.3 is 15.0 Å². The summed E-state index contributed by atoms with van der Waals surface area (Å²) in [7, 11) is -2.37. The highest BCUT2D eigenvalue weighted by atomic mass is 35.5. The van der Waals surface area contributed by atoms with E-state index >= 15 is 0 Å². The number of sulfone groups is 1. The van der Waals surface area contributed by atoms with Gasteiger partial charge in [-0.1, -0.05) is 11.6 Å². The van der Waals surface area contributed by atoms with Gasteiger partial charge in [0, 0.05) is 48.7 Å². The fourth-order valence-corrected chi connectivity index (χ4v) is 8.29. The minimum Gasteiger partial charge on any atom is -0.381 e. The molecule has 2 N–H and O–H groups in total. The highest BCUT2D eigenvalue weighted by Crippen LogP contribution is 2.59. The van der Waals surface area contributed by atoms with E-state index in [1.54, 1.807) is 24.0 Å². The maximum Gasteiger partial charge on any atom is 0.255 e. The Balaban J connectivity index is 1.46. The number of fused-ring (bicyclic) bond motifs is 2. The Morgan fingerprint density at radius 3 is 2.53 bits per heavy atom. The number of imidazole rings is 1. The van der Waals surface area contributed by atoms with E-state index in [4.69, 9.17) is 11.6 Å². The quantitative estimate of drug-likeness (QED) is 0.473. The molecule has 2 aromatic carbocycles. The molecule has 4 atom stereocenters. The molecule has 3 aromatic rings. The van der Waals surface area contributed by atoms with E-state index in [0.29, 0.717) is 30.8 Å². The number of nitrogens with zero attached hydrogens (tertiary/aromatic N) is 2. The van der Waals surface area contributed by atoms with E-state index < -0.39 is 50.0 Å². The molecule has 0 aliphatic heterocycles. The number of halogens is 4. The summed E-state index contributed by atoms with van der Waals surface area (Å²) in [6.45, 7) is 0. The second-order valence-electron chi connectivity index (χ2n) is 9.24. The zero-order valence-electron chi connectivity index (χ0n) is 18.9. The van der Waals surface area contributed by atoms with Crippen molar-refractivity contribution < 1.29 is 31.5 Å². The first-order valence-corrected chi connectivity index (χ1v) is 13.1. The number of aliphatic hydroxyl groups is 1. The third kappa shape index (κ3) is 3.72. The van der Waals surface area contributed by atoms with Crippen LogP contribution in [0.5, 0.6) is 0 Å². The molecule has 2 aliphatic rings. The molecule has 2 aliphatic carbocycles. The third-order valence-electron chi connectivity index (χ3n) is 7.30. The molecule has 3 unspecified atom stereocenters. The fraction of sp³-hybridized carbons (Fsp3) is 0.333. The molecule has 2 fully saturated rings. The molecule has 0 radical (unpaired) electrons. The smallest absolute Gasteiger partial charge is 0.255 e. The number of carbonyl (C=O) groups is 1. The average molecular weight is 540 g/mol. The van der Waals surface area contributed by atoms with E-state index in [1.165, 1.54) is 12.1 Å². The zero-order chi connectivity index (χ0) is 26.0. The molecule has 2 saturated carbocycles. The van der Waals surface area contributed by atoms with Crippen LogP contribution in [0.3, 0.4) is 0 Å². The molecule has 2 bridgehead atoms. The lowest BCUT2D eigenvalue weighted by Crippen LogP contribution is -2.38. The van der Waals surface area contributed by atoms with Crippen molar-refractivity contribution in [3.63, 3.8) is 0 Å². The van der Waals surface area contributed by atoms with Gasteiger partial charge in [0.1, 0.15) is 11.4 Å². The van der Waals surface area contributed by atoms with Crippen molar-refractivity contribution in [2.45, 2.75) is 35.0 Å². The van der Waals surface area contributed by atoms with Crippen LogP contribution in [0.2, 0.25) is 5.02 Å². The van der Waals surface area contributed by atoms with Gasteiger partial charge in [0.05, 0.1) is 15.2 Å². The number of benzene rings is 2. The van der Waals surface area contributed by atoms with Gasteiger partial charge in [-0.25, -0.2) is 26.6 Å². The van der Waals surface area contributed by atoms with Crippen LogP contribution in [0.15, 0.2) is 47.6 Å². The second-order valence-corrected chi connectivity index (χ2v) is 11.8. The van der Waals surface area contributed by atoms with Gasteiger partial charge in [-0.15, -0.1) is 0 Å². The Bertz CT molecular complexity index is 1470. The first-order chi connectivity index (χ1) is 16.9. The highest BCUT2D eigenvalue weighted by Gasteiger charge is 2.64. The van der Waals surface area contributed by atoms with Crippen molar-refractivity contribution in [1.82, 2.24) is 9.55 Å². The molecule has 36 heavy (non-hydrogen) atoms. The van der Waals surface area contributed by atoms with Crippen LogP contribution in [-0.4, -0.2) is 34.2 Å². The summed E-state index contributed by atoms with van der Waals surface area (Å²) < 4.78 is 69.4. The normalized spacial score (nSPS) is 25.3. The summed E-state index contributed by atoms with van der Waals surface area (Å²) in [6.07, 6.45) is 4.58. The minimum absolute atomic E-state index is 0.103. The third-order valence-corrected chi connectivity index (χ3v) is 10.0. The molecular weight excluding hydrogens is 519 g/mol. The first-order valence-electron chi connectivity index (χ1n) is 11.1. The predicted molar refractivity (Wildman–Crippen MR) is 125 cm³/mol. The van der Waals surface area contributed by atoms with Crippen LogP contribution in [0, 0.1) is 29.3 Å². The standard InChI is InChI=1S/C24H21ClF3N3O4S/c1-31-7-6-29-23(31)24(33)13-3-4-15(24)19(9-13)36(34,35)20-8-12(2-5-16(20)25)22(32)30-14-10-17(26)21(28)18(27)11-14/h2,5-8,10-11,13,15,19,33H,3-4,9H2,1H3,(H,30,32)/t13?,15?,19?,24-/m1/s1. The SMILES string of the molecule is Cn1ccnc1[C@@]1(O)C2CCC1C(S(=O)(=O)c1cc(C(=O)Nc3cc(F)c(F)c(F)c3)ccc1Cl)C2. The molecule has 1 heterocycles. The van der Waals surface area contributed by atoms with E-state index in [0.717, 1.165) is 6.07 Å². The molecule has 0 saturated heterocycles. The van der Waals surface area contributed by atoms with Crippen LogP contribution < -0.4 is 5.32 Å². The highest BCUT2D eigenvalue weighted by molar-refractivity contribution is 7.92. The monoisotopic (exact) mass is 539 g/mol. The Morgan fingerprint density at radius 2 is 1.89 bits per heavy atom. The van der Waals surface area contributed by atoms with Crippen molar-refractivity contribution in [3.8, 4) is 0 Å². The van der Waals surface area contributed by atoms with Crippen LogP contribution in [-0.2, 0) is 22.5 Å². The summed E-state index contributed by atoms with van der Waals surface area (Å²) >= 11 is 6.25. The number of amides is 1. The number of anilines is 1. The second kappa shape index (κ2) is 8.60. The first kappa shape index (κ1) is 24.8. The molecule has 0 spiro atoms. The molecule has 7 nitrogen and oxygen atoms in total. The van der Waals surface area contributed by atoms with Crippen LogP contribution in [0.4, 0.5) is 18.9 Å². The van der Waals surface area contributed by atoms with Crippen LogP contribution in [0.25, 0.3) is 0 Å². The number of aryl methyl sites for hydroxylation is 1. The predicted octanol–water partition coefficient (Wildman–Crippen LogP) is 4.20. The summed E-state index contributed by atoms with van der Waals surface area (Å²) in [5, 5.41) is 12.8. The Labute approximate surface area is 209 Å². The lowest BCUT2D eigenvalue weighted by atomic mass is 9.90. The van der Waals surface area contributed by atoms with Crippen molar-refractivity contribution in [3.05, 3.63) is 76.6 Å². The summed E-state index contributed by atoms with van der Waals surface area (Å²) in [5.41, 5.74) is -1.89. The van der Waals surface area contributed by atoms with Gasteiger partial charge in [-0.05, 0) is 43.4 Å². The Hall–Kier alpha value is -2.89. The maximum absolute atomic E-state index is 13.8. The molecule has 1 amide bonds. The van der Waals surface area contributed by atoms with Gasteiger partial charge in [0.15, 0.2) is 27.3 Å². The van der Waals surface area contributed by atoms with Gasteiger partial charge in [-0.3, -0.25) is 4.79 Å². The number of hydrogen-bond donors (Lipinski definition) is 2. The number of hydrogen-bond acceptors (Lipinski definition) is 5. The van der Waals surface area contributed by atoms with Crippen molar-refractivity contribution in [2.24, 2.45) is 18.9 Å². The lowest BCUT2D eigenvalue weighted by Gasteiger charge is -2.29. The summed E-state index contributed by atoms with van der Waals surface area (Å²) in [6, 6.07) is 4.82. The van der Waals surface area contributed by atoms with E-state index in [2.05, 4.69) is 10.3 Å². The van der Waals surface area contributed by atoms with Gasteiger partial charge >= 0.3 is 0 Å². The largest absolute Gasteiger partial charge is 0.381 e. The Morgan fingerprint density at radius 1 is 1.19 bits per heavy atom. The topological polar surface area (TPSA) is 101 Å².